The Labute approximate surface area is 179 Å². The molecule has 3 aromatic heterocycles. The van der Waals surface area contributed by atoms with Crippen molar-refractivity contribution in [1.29, 1.82) is 0 Å². The number of carbonyl (C=O) groups excluding carboxylic acids is 1. The zero-order chi connectivity index (χ0) is 20.6. The van der Waals surface area contributed by atoms with E-state index in [4.69, 9.17) is 23.2 Å². The van der Waals surface area contributed by atoms with E-state index in [9.17, 15) is 4.79 Å². The van der Waals surface area contributed by atoms with E-state index in [0.717, 1.165) is 11.3 Å². The number of pyridine rings is 1. The molecule has 4 rings (SSSR count). The van der Waals surface area contributed by atoms with Gasteiger partial charge in [-0.15, -0.1) is 0 Å². The third-order valence-corrected chi connectivity index (χ3v) is 5.80. The molecule has 3 aromatic rings. The number of aromatic nitrogens is 4. The van der Waals surface area contributed by atoms with E-state index in [1.54, 1.807) is 0 Å². The minimum absolute atomic E-state index is 0.0485. The molecule has 0 bridgehead atoms. The minimum Gasteiger partial charge on any atom is -0.355 e. The molecule has 1 amide bonds. The summed E-state index contributed by atoms with van der Waals surface area (Å²) in [4.78, 5) is 27.6. The second kappa shape index (κ2) is 7.80. The van der Waals surface area contributed by atoms with Gasteiger partial charge in [0.2, 0.25) is 11.2 Å². The fraction of sp³-hybridized carbons (Fsp3) is 0.400. The quantitative estimate of drug-likeness (QED) is 0.636. The zero-order valence-corrected chi connectivity index (χ0v) is 17.8. The molecule has 1 saturated heterocycles. The maximum absolute atomic E-state index is 13.0. The van der Waals surface area contributed by atoms with Gasteiger partial charge in [-0.05, 0) is 50.4 Å². The number of fused-ring (bicyclic) bond motifs is 1. The highest BCUT2D eigenvalue weighted by Crippen LogP contribution is 2.29. The number of nitrogens with zero attached hydrogens (tertiary/aromatic N) is 5. The van der Waals surface area contributed by atoms with Crippen molar-refractivity contribution in [2.75, 3.05) is 18.0 Å². The molecule has 0 radical (unpaired) electrons. The van der Waals surface area contributed by atoms with Gasteiger partial charge in [0.05, 0.1) is 23.6 Å². The average molecular weight is 433 g/mol. The highest BCUT2D eigenvalue weighted by molar-refractivity contribution is 6.33. The number of hydrogen-bond acceptors (Lipinski definition) is 5. The van der Waals surface area contributed by atoms with Crippen molar-refractivity contribution in [3.05, 3.63) is 52.8 Å². The van der Waals surface area contributed by atoms with Gasteiger partial charge in [-0.25, -0.2) is 9.97 Å². The summed E-state index contributed by atoms with van der Waals surface area (Å²) in [6.45, 7) is 5.36. The molecule has 7 nitrogen and oxygen atoms in total. The first-order valence-electron chi connectivity index (χ1n) is 9.53. The van der Waals surface area contributed by atoms with E-state index >= 15 is 0 Å². The molecular formula is C20H22Cl2N6O. The van der Waals surface area contributed by atoms with Gasteiger partial charge in [0, 0.05) is 25.2 Å². The molecule has 0 saturated carbocycles. The number of halogens is 2. The van der Waals surface area contributed by atoms with Crippen LogP contribution in [0, 0.1) is 5.92 Å². The van der Waals surface area contributed by atoms with Gasteiger partial charge in [-0.2, -0.15) is 4.98 Å². The van der Waals surface area contributed by atoms with Crippen LogP contribution in [0.5, 0.6) is 0 Å². The first-order chi connectivity index (χ1) is 13.8. The van der Waals surface area contributed by atoms with E-state index in [-0.39, 0.29) is 17.1 Å². The van der Waals surface area contributed by atoms with Crippen LogP contribution in [0.4, 0.5) is 5.82 Å². The van der Waals surface area contributed by atoms with Gasteiger partial charge in [-0.1, -0.05) is 17.7 Å². The monoisotopic (exact) mass is 432 g/mol. The third kappa shape index (κ3) is 4.02. The number of imidazole rings is 1. The van der Waals surface area contributed by atoms with E-state index in [1.807, 2.05) is 48.8 Å². The predicted molar refractivity (Wildman–Crippen MR) is 113 cm³/mol. The first kappa shape index (κ1) is 19.9. The SMILES string of the molecule is CC(C)(NC(=O)C1CCN(c2nc(Cl)ncc2Cl)CC1)c1cnc2ccccn12. The molecule has 1 aliphatic rings. The van der Waals surface area contributed by atoms with Gasteiger partial charge >= 0.3 is 0 Å². The number of rotatable bonds is 4. The molecule has 1 aliphatic heterocycles. The highest BCUT2D eigenvalue weighted by Gasteiger charge is 2.32. The molecule has 1 fully saturated rings. The third-order valence-electron chi connectivity index (χ3n) is 5.35. The Balaban J connectivity index is 1.42. The lowest BCUT2D eigenvalue weighted by molar-refractivity contribution is -0.127. The van der Waals surface area contributed by atoms with Crippen molar-refractivity contribution in [1.82, 2.24) is 24.7 Å². The van der Waals surface area contributed by atoms with Crippen LogP contribution in [0.15, 0.2) is 36.8 Å². The second-order valence-electron chi connectivity index (χ2n) is 7.76. The predicted octanol–water partition coefficient (Wildman–Crippen LogP) is 3.70. The molecule has 1 N–H and O–H groups in total. The standard InChI is InChI=1S/C20H22Cl2N6O/c1-20(2,15-12-23-16-5-3-4-8-28(15)16)26-18(29)13-6-9-27(10-7-13)17-14(21)11-24-19(22)25-17/h3-5,8,11-13H,6-7,9-10H2,1-2H3,(H,26,29). The molecule has 0 aliphatic carbocycles. The molecule has 152 valence electrons. The number of anilines is 1. The molecule has 0 unspecified atom stereocenters. The van der Waals surface area contributed by atoms with Crippen LogP contribution < -0.4 is 10.2 Å². The van der Waals surface area contributed by atoms with E-state index in [1.165, 1.54) is 6.20 Å². The maximum atomic E-state index is 13.0. The van der Waals surface area contributed by atoms with Gasteiger partial charge < -0.3 is 14.6 Å². The number of hydrogen-bond donors (Lipinski definition) is 1. The van der Waals surface area contributed by atoms with E-state index in [2.05, 4.69) is 25.2 Å². The maximum Gasteiger partial charge on any atom is 0.224 e. The first-order valence-corrected chi connectivity index (χ1v) is 10.3. The zero-order valence-electron chi connectivity index (χ0n) is 16.3. The summed E-state index contributed by atoms with van der Waals surface area (Å²) >= 11 is 12.1. The average Bonchev–Trinajstić information content (AvgIpc) is 3.15. The van der Waals surface area contributed by atoms with Crippen LogP contribution in [0.3, 0.4) is 0 Å². The number of carbonyl (C=O) groups is 1. The topological polar surface area (TPSA) is 75.4 Å². The smallest absolute Gasteiger partial charge is 0.224 e. The number of piperidine rings is 1. The summed E-state index contributed by atoms with van der Waals surface area (Å²) < 4.78 is 2.00. The summed E-state index contributed by atoms with van der Waals surface area (Å²) in [7, 11) is 0. The molecule has 4 heterocycles. The van der Waals surface area contributed by atoms with Crippen LogP contribution in [-0.4, -0.2) is 38.3 Å². The Morgan fingerprint density at radius 3 is 2.69 bits per heavy atom. The molecule has 0 spiro atoms. The van der Waals surface area contributed by atoms with E-state index in [0.29, 0.717) is 36.8 Å². The summed E-state index contributed by atoms with van der Waals surface area (Å²) in [5.74, 6) is 0.602. The number of nitrogens with one attached hydrogen (secondary N) is 1. The molecule has 9 heteroatoms. The summed E-state index contributed by atoms with van der Waals surface area (Å²) in [5, 5.41) is 3.83. The van der Waals surface area contributed by atoms with Crippen molar-refractivity contribution in [3.63, 3.8) is 0 Å². The largest absolute Gasteiger partial charge is 0.355 e. The van der Waals surface area contributed by atoms with Gasteiger partial charge in [-0.3, -0.25) is 4.79 Å². The Morgan fingerprint density at radius 1 is 1.17 bits per heavy atom. The lowest BCUT2D eigenvalue weighted by Crippen LogP contribution is -2.47. The van der Waals surface area contributed by atoms with Crippen molar-refractivity contribution in [2.24, 2.45) is 5.92 Å². The van der Waals surface area contributed by atoms with Crippen LogP contribution in [0.1, 0.15) is 32.4 Å². The van der Waals surface area contributed by atoms with Gasteiger partial charge in [0.1, 0.15) is 10.7 Å². The van der Waals surface area contributed by atoms with E-state index < -0.39 is 5.54 Å². The lowest BCUT2D eigenvalue weighted by Gasteiger charge is -2.34. The van der Waals surface area contributed by atoms with Crippen LogP contribution in [0.2, 0.25) is 10.3 Å². The van der Waals surface area contributed by atoms with Crippen LogP contribution in [0.25, 0.3) is 5.65 Å². The Morgan fingerprint density at radius 2 is 1.93 bits per heavy atom. The molecular weight excluding hydrogens is 411 g/mol. The fourth-order valence-electron chi connectivity index (χ4n) is 3.78. The minimum atomic E-state index is -0.543. The second-order valence-corrected chi connectivity index (χ2v) is 8.50. The van der Waals surface area contributed by atoms with Gasteiger partial charge in [0.15, 0.2) is 5.82 Å². The summed E-state index contributed by atoms with van der Waals surface area (Å²) in [5.41, 5.74) is 1.26. The highest BCUT2D eigenvalue weighted by atomic mass is 35.5. The number of amides is 1. The Bertz CT molecular complexity index is 1040. The van der Waals surface area contributed by atoms with Crippen LogP contribution in [-0.2, 0) is 10.3 Å². The molecule has 29 heavy (non-hydrogen) atoms. The Hall–Kier alpha value is -2.38. The van der Waals surface area contributed by atoms with Gasteiger partial charge in [0.25, 0.3) is 0 Å². The molecule has 0 atom stereocenters. The summed E-state index contributed by atoms with van der Waals surface area (Å²) in [6.07, 6.45) is 6.71. The van der Waals surface area contributed by atoms with Crippen molar-refractivity contribution in [3.8, 4) is 0 Å². The fourth-order valence-corrected chi connectivity index (χ4v) is 4.12. The normalized spacial score (nSPS) is 15.7. The van der Waals surface area contributed by atoms with Crippen LogP contribution >= 0.6 is 23.2 Å². The van der Waals surface area contributed by atoms with Crippen molar-refractivity contribution >= 4 is 40.6 Å². The summed E-state index contributed by atoms with van der Waals surface area (Å²) in [6, 6.07) is 5.85. The van der Waals surface area contributed by atoms with Crippen molar-refractivity contribution in [2.45, 2.75) is 32.2 Å². The Kier molecular flexibility index (Phi) is 5.36. The van der Waals surface area contributed by atoms with Crippen molar-refractivity contribution < 1.29 is 4.79 Å². The lowest BCUT2D eigenvalue weighted by atomic mass is 9.93. The molecule has 0 aromatic carbocycles.